The highest BCUT2D eigenvalue weighted by Crippen LogP contribution is 2.53. The van der Waals surface area contributed by atoms with E-state index < -0.39 is 6.04 Å². The Kier molecular flexibility index (Phi) is 5.49. The molecule has 0 radical (unpaired) electrons. The molecular weight excluding hydrogens is 468 g/mol. The Hall–Kier alpha value is -2.73. The summed E-state index contributed by atoms with van der Waals surface area (Å²) >= 11 is 3.47. The predicted octanol–water partition coefficient (Wildman–Crippen LogP) is 4.37. The number of carbonyl (C=O) groups excluding carboxylic acids is 3. The number of rotatable bonds is 6. The largest absolute Gasteiger partial charge is 0.324 e. The van der Waals surface area contributed by atoms with Crippen LogP contribution >= 0.6 is 15.9 Å². The van der Waals surface area contributed by atoms with Gasteiger partial charge in [-0.25, -0.2) is 0 Å². The number of imide groups is 1. The summed E-state index contributed by atoms with van der Waals surface area (Å²) in [6.07, 6.45) is 6.06. The molecular formula is C26H25BrN2O3. The van der Waals surface area contributed by atoms with E-state index >= 15 is 0 Å². The first-order chi connectivity index (χ1) is 15.5. The van der Waals surface area contributed by atoms with Gasteiger partial charge in [-0.3, -0.25) is 19.3 Å². The molecule has 0 spiro atoms. The van der Waals surface area contributed by atoms with E-state index in [1.807, 2.05) is 55.5 Å². The van der Waals surface area contributed by atoms with Crippen LogP contribution in [0.4, 0.5) is 5.69 Å². The molecule has 164 valence electrons. The summed E-state index contributed by atoms with van der Waals surface area (Å²) in [6, 6.07) is 14.4. The van der Waals surface area contributed by atoms with Gasteiger partial charge in [0.15, 0.2) is 0 Å². The number of fused-ring (bicyclic) bond motifs is 5. The van der Waals surface area contributed by atoms with E-state index in [4.69, 9.17) is 0 Å². The molecule has 32 heavy (non-hydrogen) atoms. The minimum Gasteiger partial charge on any atom is -0.324 e. The van der Waals surface area contributed by atoms with Crippen LogP contribution in [0.1, 0.15) is 24.5 Å². The van der Waals surface area contributed by atoms with E-state index in [1.165, 1.54) is 4.90 Å². The monoisotopic (exact) mass is 492 g/mol. The van der Waals surface area contributed by atoms with E-state index in [9.17, 15) is 14.4 Å². The topological polar surface area (TPSA) is 66.5 Å². The van der Waals surface area contributed by atoms with Gasteiger partial charge in [-0.05, 0) is 54.0 Å². The summed E-state index contributed by atoms with van der Waals surface area (Å²) in [4.78, 5) is 41.7. The fourth-order valence-corrected chi connectivity index (χ4v) is 5.97. The van der Waals surface area contributed by atoms with Crippen LogP contribution in [0.5, 0.6) is 0 Å². The number of halogens is 1. The molecule has 3 amide bonds. The van der Waals surface area contributed by atoms with Gasteiger partial charge in [-0.1, -0.05) is 65.3 Å². The van der Waals surface area contributed by atoms with Crippen LogP contribution in [0.2, 0.25) is 0 Å². The lowest BCUT2D eigenvalue weighted by atomic mass is 9.85. The molecule has 2 aromatic rings. The Balaban J connectivity index is 1.47. The van der Waals surface area contributed by atoms with E-state index in [1.54, 1.807) is 0 Å². The molecule has 1 saturated heterocycles. The molecule has 2 aliphatic carbocycles. The molecule has 2 fully saturated rings. The number of amides is 3. The lowest BCUT2D eigenvalue weighted by Gasteiger charge is -2.27. The molecule has 3 aliphatic rings. The SMILES string of the molecule is CCc1cc(Br)ccc1NC(=O)[C@H](Cc1ccccc1)N1C(=O)[C@@H]2[C@H](C1=O)[C@@H]1C=C[C@H]2C1. The van der Waals surface area contributed by atoms with Gasteiger partial charge in [-0.2, -0.15) is 0 Å². The van der Waals surface area contributed by atoms with Crippen molar-refractivity contribution in [2.24, 2.45) is 23.7 Å². The van der Waals surface area contributed by atoms with Gasteiger partial charge in [0.05, 0.1) is 11.8 Å². The zero-order valence-corrected chi connectivity index (χ0v) is 19.4. The second kappa shape index (κ2) is 8.32. The number of carbonyl (C=O) groups is 3. The van der Waals surface area contributed by atoms with Crippen molar-refractivity contribution in [1.82, 2.24) is 4.90 Å². The summed E-state index contributed by atoms with van der Waals surface area (Å²) in [5.41, 5.74) is 2.61. The highest BCUT2D eigenvalue weighted by Gasteiger charge is 2.61. The summed E-state index contributed by atoms with van der Waals surface area (Å²) < 4.78 is 0.939. The highest BCUT2D eigenvalue weighted by molar-refractivity contribution is 9.10. The van der Waals surface area contributed by atoms with Crippen molar-refractivity contribution in [3.05, 3.63) is 76.3 Å². The van der Waals surface area contributed by atoms with Crippen molar-refractivity contribution in [3.63, 3.8) is 0 Å². The molecule has 1 aliphatic heterocycles. The van der Waals surface area contributed by atoms with E-state index in [-0.39, 0.29) is 41.4 Å². The molecule has 0 unspecified atom stereocenters. The first-order valence-corrected chi connectivity index (χ1v) is 12.0. The smallest absolute Gasteiger partial charge is 0.248 e. The van der Waals surface area contributed by atoms with Gasteiger partial charge in [-0.15, -0.1) is 0 Å². The zero-order chi connectivity index (χ0) is 22.4. The number of hydrogen-bond acceptors (Lipinski definition) is 3. The third kappa shape index (κ3) is 3.51. The highest BCUT2D eigenvalue weighted by atomic mass is 79.9. The Morgan fingerprint density at radius 3 is 2.34 bits per heavy atom. The first-order valence-electron chi connectivity index (χ1n) is 11.2. The molecule has 5 rings (SSSR count). The van der Waals surface area contributed by atoms with Crippen molar-refractivity contribution in [2.75, 3.05) is 5.32 Å². The van der Waals surface area contributed by atoms with Crippen LogP contribution in [-0.4, -0.2) is 28.7 Å². The number of likely N-dealkylation sites (tertiary alicyclic amines) is 1. The second-order valence-electron chi connectivity index (χ2n) is 8.90. The Labute approximate surface area is 196 Å². The van der Waals surface area contributed by atoms with Crippen LogP contribution in [-0.2, 0) is 27.2 Å². The molecule has 2 aromatic carbocycles. The number of hydrogen-bond donors (Lipinski definition) is 1. The van der Waals surface area contributed by atoms with Crippen LogP contribution in [0, 0.1) is 23.7 Å². The fraction of sp³-hybridized carbons (Fsp3) is 0.346. The van der Waals surface area contributed by atoms with Crippen LogP contribution in [0.3, 0.4) is 0 Å². The summed E-state index contributed by atoms with van der Waals surface area (Å²) in [5.74, 6) is -1.12. The maximum Gasteiger partial charge on any atom is 0.248 e. The zero-order valence-electron chi connectivity index (χ0n) is 17.8. The van der Waals surface area contributed by atoms with Gasteiger partial charge in [0.1, 0.15) is 6.04 Å². The third-order valence-electron chi connectivity index (χ3n) is 7.10. The van der Waals surface area contributed by atoms with E-state index in [2.05, 4.69) is 33.4 Å². The molecule has 2 bridgehead atoms. The minimum absolute atomic E-state index is 0.116. The summed E-state index contributed by atoms with van der Waals surface area (Å²) in [7, 11) is 0. The lowest BCUT2D eigenvalue weighted by molar-refractivity contribution is -0.147. The minimum atomic E-state index is -0.879. The van der Waals surface area contributed by atoms with Crippen LogP contribution in [0.25, 0.3) is 0 Å². The fourth-order valence-electron chi connectivity index (χ4n) is 5.56. The lowest BCUT2D eigenvalue weighted by Crippen LogP contribution is -2.49. The number of anilines is 1. The molecule has 1 N–H and O–H groups in total. The van der Waals surface area contributed by atoms with Gasteiger partial charge >= 0.3 is 0 Å². The molecule has 1 saturated carbocycles. The number of allylic oxidation sites excluding steroid dienone is 2. The quantitative estimate of drug-likeness (QED) is 0.480. The van der Waals surface area contributed by atoms with Crippen LogP contribution in [0.15, 0.2) is 65.2 Å². The van der Waals surface area contributed by atoms with Gasteiger partial charge < -0.3 is 5.32 Å². The number of benzene rings is 2. The van der Waals surface area contributed by atoms with Crippen molar-refractivity contribution < 1.29 is 14.4 Å². The standard InChI is InChI=1S/C26H25BrN2O3/c1-2-16-14-19(27)10-11-20(16)28-24(30)21(12-15-6-4-3-5-7-15)29-25(31)22-17-8-9-18(13-17)23(22)26(29)32/h3-11,14,17-18,21-23H,2,12-13H2,1H3,(H,28,30)/t17-,18+,21-,22-,23+/m0/s1. The predicted molar refractivity (Wildman–Crippen MR) is 126 cm³/mol. The third-order valence-corrected chi connectivity index (χ3v) is 7.59. The average molecular weight is 493 g/mol. The summed E-state index contributed by atoms with van der Waals surface area (Å²) in [6.45, 7) is 2.02. The van der Waals surface area contributed by atoms with Gasteiger partial charge in [0, 0.05) is 16.6 Å². The number of nitrogens with one attached hydrogen (secondary N) is 1. The Bertz CT molecular complexity index is 1080. The van der Waals surface area contributed by atoms with Crippen molar-refractivity contribution in [1.29, 1.82) is 0 Å². The Morgan fingerprint density at radius 1 is 1.06 bits per heavy atom. The van der Waals surface area contributed by atoms with Crippen molar-refractivity contribution >= 4 is 39.3 Å². The Morgan fingerprint density at radius 2 is 1.72 bits per heavy atom. The number of nitrogens with zero attached hydrogens (tertiary/aromatic N) is 1. The van der Waals surface area contributed by atoms with E-state index in [0.717, 1.165) is 28.4 Å². The second-order valence-corrected chi connectivity index (χ2v) is 9.81. The van der Waals surface area contributed by atoms with Crippen molar-refractivity contribution in [3.8, 4) is 0 Å². The molecule has 5 nitrogen and oxygen atoms in total. The molecule has 0 aromatic heterocycles. The maximum atomic E-state index is 13.6. The first kappa shape index (κ1) is 21.1. The summed E-state index contributed by atoms with van der Waals surface area (Å²) in [5, 5.41) is 3.01. The van der Waals surface area contributed by atoms with Gasteiger partial charge in [0.25, 0.3) is 0 Å². The molecule has 6 heteroatoms. The van der Waals surface area contributed by atoms with Gasteiger partial charge in [0.2, 0.25) is 17.7 Å². The number of aryl methyl sites for hydroxylation is 1. The maximum absolute atomic E-state index is 13.6. The average Bonchev–Trinajstić information content (AvgIpc) is 3.48. The van der Waals surface area contributed by atoms with Crippen LogP contribution < -0.4 is 5.32 Å². The van der Waals surface area contributed by atoms with Crippen molar-refractivity contribution in [2.45, 2.75) is 32.2 Å². The molecule has 1 heterocycles. The van der Waals surface area contributed by atoms with E-state index in [0.29, 0.717) is 12.1 Å². The normalized spacial score (nSPS) is 26.5. The molecule has 5 atom stereocenters.